The third kappa shape index (κ3) is 4.86. The van der Waals surface area contributed by atoms with E-state index in [1.54, 1.807) is 30.3 Å². The van der Waals surface area contributed by atoms with Crippen molar-refractivity contribution in [3.05, 3.63) is 59.2 Å². The lowest BCUT2D eigenvalue weighted by Gasteiger charge is -2.35. The van der Waals surface area contributed by atoms with Gasteiger partial charge < -0.3 is 25.0 Å². The van der Waals surface area contributed by atoms with Gasteiger partial charge in [-0.2, -0.15) is 0 Å². The van der Waals surface area contributed by atoms with E-state index in [4.69, 9.17) is 9.47 Å². The third-order valence-electron chi connectivity index (χ3n) is 5.24. The van der Waals surface area contributed by atoms with Crippen LogP contribution in [0.2, 0.25) is 0 Å². The van der Waals surface area contributed by atoms with Crippen molar-refractivity contribution in [1.29, 1.82) is 0 Å². The molecule has 31 heavy (non-hydrogen) atoms. The summed E-state index contributed by atoms with van der Waals surface area (Å²) in [4.78, 5) is 38.4. The minimum absolute atomic E-state index is 0.0151. The molecule has 2 heterocycles. The number of morpholine rings is 1. The van der Waals surface area contributed by atoms with Gasteiger partial charge in [0.25, 0.3) is 17.7 Å². The van der Waals surface area contributed by atoms with Gasteiger partial charge in [-0.1, -0.05) is 12.1 Å². The molecule has 2 unspecified atom stereocenters. The van der Waals surface area contributed by atoms with E-state index in [0.717, 1.165) is 5.56 Å². The molecule has 1 saturated heterocycles. The first-order chi connectivity index (χ1) is 14.9. The van der Waals surface area contributed by atoms with Crippen LogP contribution in [0.5, 0.6) is 5.75 Å². The van der Waals surface area contributed by atoms with Crippen LogP contribution in [0.25, 0.3) is 0 Å². The molecular formula is C23H25N3O5. The Morgan fingerprint density at radius 1 is 1.06 bits per heavy atom. The van der Waals surface area contributed by atoms with Gasteiger partial charge in [-0.05, 0) is 49.7 Å². The van der Waals surface area contributed by atoms with Crippen molar-refractivity contribution in [2.24, 2.45) is 0 Å². The van der Waals surface area contributed by atoms with Crippen LogP contribution in [0.1, 0.15) is 40.1 Å². The lowest BCUT2D eigenvalue weighted by atomic mass is 10.1. The number of hydrogen-bond acceptors (Lipinski definition) is 5. The van der Waals surface area contributed by atoms with E-state index in [1.807, 2.05) is 30.9 Å². The first kappa shape index (κ1) is 20.9. The highest BCUT2D eigenvalue weighted by atomic mass is 16.5. The minimum atomic E-state index is -0.250. The number of ether oxygens (including phenoxy) is 2. The Balaban J connectivity index is 1.35. The highest BCUT2D eigenvalue weighted by Crippen LogP contribution is 2.28. The summed E-state index contributed by atoms with van der Waals surface area (Å²) in [5.41, 5.74) is 2.50. The van der Waals surface area contributed by atoms with Gasteiger partial charge in [-0.15, -0.1) is 0 Å². The summed E-state index contributed by atoms with van der Waals surface area (Å²) in [6.07, 6.45) is 0.0416. The fourth-order valence-electron chi connectivity index (χ4n) is 3.79. The summed E-state index contributed by atoms with van der Waals surface area (Å²) in [6, 6.07) is 12.1. The van der Waals surface area contributed by atoms with E-state index < -0.39 is 0 Å². The Kier molecular flexibility index (Phi) is 5.90. The maximum atomic E-state index is 12.8. The third-order valence-corrected chi connectivity index (χ3v) is 5.24. The van der Waals surface area contributed by atoms with Crippen LogP contribution >= 0.6 is 0 Å². The summed E-state index contributed by atoms with van der Waals surface area (Å²) < 4.78 is 11.0. The summed E-state index contributed by atoms with van der Waals surface area (Å²) in [5, 5.41) is 5.55. The molecule has 0 bridgehead atoms. The van der Waals surface area contributed by atoms with Gasteiger partial charge in [0, 0.05) is 30.8 Å². The van der Waals surface area contributed by atoms with E-state index in [1.165, 1.54) is 0 Å². The maximum absolute atomic E-state index is 12.8. The molecule has 0 saturated carbocycles. The Bertz CT molecular complexity index is 995. The number of carbonyl (C=O) groups excluding carboxylic acids is 3. The molecule has 2 aliphatic heterocycles. The SMILES string of the molecule is CC1CN(C(=O)c2ccc(CNC(=O)c3ccc4c(c3)OCC(=O)N4)cc2)CC(C)O1. The monoisotopic (exact) mass is 423 g/mol. The van der Waals surface area contributed by atoms with Crippen molar-refractivity contribution >= 4 is 23.4 Å². The Labute approximate surface area is 180 Å². The van der Waals surface area contributed by atoms with Crippen molar-refractivity contribution in [2.75, 3.05) is 25.0 Å². The maximum Gasteiger partial charge on any atom is 0.262 e. The quantitative estimate of drug-likeness (QED) is 0.786. The number of carbonyl (C=O) groups is 3. The van der Waals surface area contributed by atoms with E-state index in [9.17, 15) is 14.4 Å². The fraction of sp³-hybridized carbons (Fsp3) is 0.348. The number of rotatable bonds is 4. The molecule has 0 spiro atoms. The second-order valence-corrected chi connectivity index (χ2v) is 7.89. The van der Waals surface area contributed by atoms with E-state index in [0.29, 0.717) is 42.2 Å². The van der Waals surface area contributed by atoms with E-state index >= 15 is 0 Å². The first-order valence-corrected chi connectivity index (χ1v) is 10.3. The number of nitrogens with one attached hydrogen (secondary N) is 2. The number of nitrogens with zero attached hydrogens (tertiary/aromatic N) is 1. The standard InChI is InChI=1S/C23H25N3O5/c1-14-11-26(12-15(2)31-14)23(29)17-5-3-16(4-6-17)10-24-22(28)18-7-8-19-20(9-18)30-13-21(27)25-19/h3-9,14-15H,10-13H2,1-2H3,(H,24,28)(H,25,27). The molecule has 162 valence electrons. The van der Waals surface area contributed by atoms with Crippen LogP contribution in [-0.4, -0.2) is 54.5 Å². The lowest BCUT2D eigenvalue weighted by molar-refractivity contribution is -0.118. The van der Waals surface area contributed by atoms with Gasteiger partial charge in [-0.3, -0.25) is 14.4 Å². The zero-order valence-electron chi connectivity index (χ0n) is 17.5. The predicted octanol–water partition coefficient (Wildman–Crippen LogP) is 2.20. The minimum Gasteiger partial charge on any atom is -0.482 e. The smallest absolute Gasteiger partial charge is 0.262 e. The molecule has 3 amide bonds. The molecule has 2 atom stereocenters. The van der Waals surface area contributed by atoms with E-state index in [-0.39, 0.29) is 36.5 Å². The summed E-state index contributed by atoms with van der Waals surface area (Å²) in [6.45, 7) is 5.35. The molecule has 2 aromatic carbocycles. The number of hydrogen-bond donors (Lipinski definition) is 2. The Hall–Kier alpha value is -3.39. The van der Waals surface area contributed by atoms with E-state index in [2.05, 4.69) is 10.6 Å². The van der Waals surface area contributed by atoms with Gasteiger partial charge >= 0.3 is 0 Å². The van der Waals surface area contributed by atoms with Crippen molar-refractivity contribution in [3.63, 3.8) is 0 Å². The van der Waals surface area contributed by atoms with Crippen molar-refractivity contribution in [2.45, 2.75) is 32.6 Å². The molecule has 0 aromatic heterocycles. The van der Waals surface area contributed by atoms with Crippen LogP contribution in [0, 0.1) is 0 Å². The van der Waals surface area contributed by atoms with Crippen molar-refractivity contribution < 1.29 is 23.9 Å². The number of benzene rings is 2. The summed E-state index contributed by atoms with van der Waals surface area (Å²) >= 11 is 0. The summed E-state index contributed by atoms with van der Waals surface area (Å²) in [5.74, 6) is -0.00961. The second kappa shape index (κ2) is 8.77. The number of amides is 3. The van der Waals surface area contributed by atoms with Gasteiger partial charge in [0.1, 0.15) is 5.75 Å². The van der Waals surface area contributed by atoms with Crippen LogP contribution in [0.15, 0.2) is 42.5 Å². The number of fused-ring (bicyclic) bond motifs is 1. The lowest BCUT2D eigenvalue weighted by Crippen LogP contribution is -2.48. The average Bonchev–Trinajstić information content (AvgIpc) is 2.76. The Morgan fingerprint density at radius 2 is 1.74 bits per heavy atom. The normalized spacial score (nSPS) is 20.3. The second-order valence-electron chi connectivity index (χ2n) is 7.89. The van der Waals surface area contributed by atoms with Gasteiger partial charge in [0.15, 0.2) is 6.61 Å². The molecule has 2 aliphatic rings. The molecule has 0 aliphatic carbocycles. The highest BCUT2D eigenvalue weighted by molar-refractivity contribution is 5.99. The number of anilines is 1. The first-order valence-electron chi connectivity index (χ1n) is 10.3. The molecule has 4 rings (SSSR count). The summed E-state index contributed by atoms with van der Waals surface area (Å²) in [7, 11) is 0. The zero-order chi connectivity index (χ0) is 22.0. The molecule has 2 aromatic rings. The fourth-order valence-corrected chi connectivity index (χ4v) is 3.79. The van der Waals surface area contributed by atoms with Crippen molar-refractivity contribution in [1.82, 2.24) is 10.2 Å². The zero-order valence-corrected chi connectivity index (χ0v) is 17.5. The Morgan fingerprint density at radius 3 is 2.45 bits per heavy atom. The molecular weight excluding hydrogens is 398 g/mol. The molecule has 2 N–H and O–H groups in total. The predicted molar refractivity (Wildman–Crippen MR) is 114 cm³/mol. The molecule has 1 fully saturated rings. The van der Waals surface area contributed by atoms with Crippen LogP contribution < -0.4 is 15.4 Å². The van der Waals surface area contributed by atoms with Gasteiger partial charge in [-0.25, -0.2) is 0 Å². The molecule has 8 heteroatoms. The topological polar surface area (TPSA) is 97.0 Å². The molecule has 0 radical (unpaired) electrons. The van der Waals surface area contributed by atoms with Crippen LogP contribution in [-0.2, 0) is 16.1 Å². The van der Waals surface area contributed by atoms with Crippen LogP contribution in [0.4, 0.5) is 5.69 Å². The van der Waals surface area contributed by atoms with Gasteiger partial charge in [0.2, 0.25) is 0 Å². The van der Waals surface area contributed by atoms with Crippen LogP contribution in [0.3, 0.4) is 0 Å². The van der Waals surface area contributed by atoms with Crippen molar-refractivity contribution in [3.8, 4) is 5.75 Å². The van der Waals surface area contributed by atoms with Gasteiger partial charge in [0.05, 0.1) is 17.9 Å². The largest absolute Gasteiger partial charge is 0.482 e. The highest BCUT2D eigenvalue weighted by Gasteiger charge is 2.26. The average molecular weight is 423 g/mol. The molecule has 8 nitrogen and oxygen atoms in total.